The number of hydrogen-bond acceptors (Lipinski definition) is 6. The third-order valence-electron chi connectivity index (χ3n) is 6.43. The van der Waals surface area contributed by atoms with Crippen molar-refractivity contribution >= 4 is 29.6 Å². The summed E-state index contributed by atoms with van der Waals surface area (Å²) < 4.78 is 5.89. The first-order valence-corrected chi connectivity index (χ1v) is 13.5. The van der Waals surface area contributed by atoms with Crippen molar-refractivity contribution < 1.29 is 19.4 Å². The van der Waals surface area contributed by atoms with Gasteiger partial charge in [-0.15, -0.1) is 11.3 Å². The van der Waals surface area contributed by atoms with E-state index in [9.17, 15) is 9.59 Å². The highest BCUT2D eigenvalue weighted by atomic mass is 32.1. The maximum Gasteiger partial charge on any atom is 0.371 e. The number of nitrogens with zero attached hydrogens (tertiary/aromatic N) is 3. The zero-order valence-electron chi connectivity index (χ0n) is 23.9. The van der Waals surface area contributed by atoms with E-state index in [1.54, 1.807) is 18.4 Å². The van der Waals surface area contributed by atoms with Gasteiger partial charge in [-0.05, 0) is 47.9 Å². The van der Waals surface area contributed by atoms with Crippen LogP contribution in [0.25, 0.3) is 10.6 Å². The van der Waals surface area contributed by atoms with Crippen molar-refractivity contribution in [3.05, 3.63) is 47.1 Å². The van der Waals surface area contributed by atoms with Crippen molar-refractivity contribution in [3.63, 3.8) is 0 Å². The second-order valence-corrected chi connectivity index (χ2v) is 12.4. The molecule has 0 unspecified atom stereocenters. The van der Waals surface area contributed by atoms with Gasteiger partial charge in [-0.3, -0.25) is 9.79 Å². The van der Waals surface area contributed by atoms with Gasteiger partial charge in [0.2, 0.25) is 12.2 Å². The van der Waals surface area contributed by atoms with Crippen LogP contribution in [-0.4, -0.2) is 60.5 Å². The summed E-state index contributed by atoms with van der Waals surface area (Å²) >= 11 is 1.79. The molecule has 1 aliphatic heterocycles. The summed E-state index contributed by atoms with van der Waals surface area (Å²) in [7, 11) is 3.16. The fraction of sp³-hybridized carbons (Fsp3) is 0.517. The average Bonchev–Trinajstić information content (AvgIpc) is 3.36. The van der Waals surface area contributed by atoms with Gasteiger partial charge in [0.05, 0.1) is 7.11 Å². The predicted octanol–water partition coefficient (Wildman–Crippen LogP) is 5.58. The number of ether oxygens (including phenoxy) is 1. The Kier molecular flexibility index (Phi) is 10.6. The zero-order chi connectivity index (χ0) is 28.7. The molecule has 1 aromatic heterocycles. The van der Waals surface area contributed by atoms with Crippen molar-refractivity contribution in [2.45, 2.75) is 71.1 Å². The van der Waals surface area contributed by atoms with E-state index in [0.717, 1.165) is 43.1 Å². The number of nitrogens with one attached hydrogen (secondary N) is 1. The van der Waals surface area contributed by atoms with Crippen molar-refractivity contribution in [3.8, 4) is 16.3 Å². The lowest BCUT2D eigenvalue weighted by molar-refractivity contribution is -0.129. The second-order valence-electron chi connectivity index (χ2n) is 11.3. The van der Waals surface area contributed by atoms with Gasteiger partial charge in [0, 0.05) is 47.9 Å². The summed E-state index contributed by atoms with van der Waals surface area (Å²) in [6.45, 7) is 18.3. The van der Waals surface area contributed by atoms with E-state index in [2.05, 4.69) is 70.6 Å². The minimum absolute atomic E-state index is 0.0247. The van der Waals surface area contributed by atoms with Crippen molar-refractivity contribution in [2.75, 3.05) is 27.2 Å². The SMILES string of the molecule is C=CNC(=NC)C(=O)O.COc1c(C(C)(C)C)cc(-c2ncc(C3CCN(C=O)CC3)s2)cc1C(C)(C)C. The molecule has 38 heavy (non-hydrogen) atoms. The number of carbonyl (C=O) groups is 2. The van der Waals surface area contributed by atoms with Gasteiger partial charge >= 0.3 is 5.97 Å². The summed E-state index contributed by atoms with van der Waals surface area (Å²) in [5.41, 5.74) is 3.56. The van der Waals surface area contributed by atoms with Crippen molar-refractivity contribution in [1.29, 1.82) is 0 Å². The van der Waals surface area contributed by atoms with Crippen LogP contribution in [0.3, 0.4) is 0 Å². The standard InChI is InChI=1S/C24H34N2O2S.C5H8N2O2/c1-23(2,3)18-12-17(13-19(21(18)28-7)24(4,5)6)22-25-14-20(29-22)16-8-10-26(15-27)11-9-16;1-3-7-4(6-2)5(8)9/h12-16H,8-11H2,1-7H3;3H,1H2,2H3,(H,6,7)(H,8,9). The van der Waals surface area contributed by atoms with Gasteiger partial charge < -0.3 is 20.1 Å². The fourth-order valence-electron chi connectivity index (χ4n) is 4.30. The van der Waals surface area contributed by atoms with Crippen LogP contribution in [0.1, 0.15) is 76.3 Å². The number of carboxylic acid groups (broad SMARTS) is 1. The monoisotopic (exact) mass is 542 g/mol. The fourth-order valence-corrected chi connectivity index (χ4v) is 5.38. The molecule has 3 rings (SSSR count). The zero-order valence-corrected chi connectivity index (χ0v) is 24.7. The molecule has 2 aromatic rings. The minimum Gasteiger partial charge on any atom is -0.496 e. The van der Waals surface area contributed by atoms with Crippen LogP contribution in [0.4, 0.5) is 0 Å². The molecule has 1 saturated heterocycles. The molecule has 208 valence electrons. The number of benzene rings is 1. The first-order chi connectivity index (χ1) is 17.8. The highest BCUT2D eigenvalue weighted by Crippen LogP contribution is 2.44. The number of amides is 1. The van der Waals surface area contributed by atoms with E-state index in [4.69, 9.17) is 14.8 Å². The van der Waals surface area contributed by atoms with Crippen molar-refractivity contribution in [2.24, 2.45) is 4.99 Å². The molecular formula is C29H42N4O4S. The quantitative estimate of drug-likeness (QED) is 0.290. The number of hydrogen-bond donors (Lipinski definition) is 2. The van der Waals surface area contributed by atoms with Crippen LogP contribution >= 0.6 is 11.3 Å². The Morgan fingerprint density at radius 3 is 2.11 bits per heavy atom. The number of aromatic nitrogens is 1. The van der Waals surface area contributed by atoms with Crippen LogP contribution < -0.4 is 10.1 Å². The third kappa shape index (κ3) is 7.90. The maximum atomic E-state index is 11.0. The van der Waals surface area contributed by atoms with Crippen LogP contribution in [0, 0.1) is 0 Å². The first-order valence-electron chi connectivity index (χ1n) is 12.7. The number of aliphatic imine (C=N–C) groups is 1. The smallest absolute Gasteiger partial charge is 0.371 e. The van der Waals surface area contributed by atoms with Gasteiger partial charge in [0.15, 0.2) is 0 Å². The Labute approximate surface area is 230 Å². The number of amidine groups is 1. The number of likely N-dealkylation sites (tertiary alicyclic amines) is 1. The Morgan fingerprint density at radius 1 is 1.18 bits per heavy atom. The first kappa shape index (κ1) is 31.0. The van der Waals surface area contributed by atoms with Gasteiger partial charge in [0.1, 0.15) is 10.8 Å². The van der Waals surface area contributed by atoms with E-state index in [1.165, 1.54) is 34.8 Å². The van der Waals surface area contributed by atoms with Crippen LogP contribution in [0.2, 0.25) is 0 Å². The molecule has 0 bridgehead atoms. The van der Waals surface area contributed by atoms with E-state index in [-0.39, 0.29) is 16.7 Å². The summed E-state index contributed by atoms with van der Waals surface area (Å²) in [6, 6.07) is 4.51. The Balaban J connectivity index is 0.000000484. The third-order valence-corrected chi connectivity index (χ3v) is 7.63. The lowest BCUT2D eigenvalue weighted by Crippen LogP contribution is -2.31. The van der Waals surface area contributed by atoms with Crippen LogP contribution in [0.15, 0.2) is 36.1 Å². The Bertz CT molecular complexity index is 1120. The van der Waals surface area contributed by atoms with Crippen LogP contribution in [0.5, 0.6) is 5.75 Å². The van der Waals surface area contributed by atoms with Gasteiger partial charge in [0.25, 0.3) is 0 Å². The van der Waals surface area contributed by atoms with Crippen LogP contribution in [-0.2, 0) is 20.4 Å². The minimum atomic E-state index is -1.09. The molecule has 0 radical (unpaired) electrons. The number of thiazole rings is 1. The topological polar surface area (TPSA) is 104 Å². The highest BCUT2D eigenvalue weighted by Gasteiger charge is 2.29. The molecule has 0 saturated carbocycles. The average molecular weight is 543 g/mol. The number of rotatable bonds is 5. The molecule has 0 aliphatic carbocycles. The molecule has 0 spiro atoms. The summed E-state index contributed by atoms with van der Waals surface area (Å²) in [5.74, 6) is 0.300. The molecule has 1 amide bonds. The van der Waals surface area contributed by atoms with Gasteiger partial charge in [-0.1, -0.05) is 48.1 Å². The van der Waals surface area contributed by atoms with Gasteiger partial charge in [-0.25, -0.2) is 9.78 Å². The van der Waals surface area contributed by atoms with E-state index in [0.29, 0.717) is 5.92 Å². The number of piperidine rings is 1. The number of carboxylic acids is 1. The maximum absolute atomic E-state index is 11.0. The lowest BCUT2D eigenvalue weighted by Gasteiger charge is -2.29. The molecule has 2 heterocycles. The van der Waals surface area contributed by atoms with Crippen molar-refractivity contribution in [1.82, 2.24) is 15.2 Å². The summed E-state index contributed by atoms with van der Waals surface area (Å²) in [6.07, 6.45) is 6.30. The Hall–Kier alpha value is -3.20. The molecule has 2 N–H and O–H groups in total. The van der Waals surface area contributed by atoms with E-state index >= 15 is 0 Å². The molecule has 8 nitrogen and oxygen atoms in total. The lowest BCUT2D eigenvalue weighted by atomic mass is 9.78. The number of methoxy groups -OCH3 is 1. The summed E-state index contributed by atoms with van der Waals surface area (Å²) in [5, 5.41) is 11.7. The van der Waals surface area contributed by atoms with E-state index < -0.39 is 5.97 Å². The Morgan fingerprint density at radius 2 is 1.74 bits per heavy atom. The number of carbonyl (C=O) groups excluding carboxylic acids is 1. The normalized spacial score (nSPS) is 14.8. The molecule has 1 fully saturated rings. The van der Waals surface area contributed by atoms with E-state index in [1.807, 2.05) is 11.1 Å². The largest absolute Gasteiger partial charge is 0.496 e. The molecule has 1 aromatic carbocycles. The molecular weight excluding hydrogens is 500 g/mol. The summed E-state index contributed by atoms with van der Waals surface area (Å²) in [4.78, 5) is 32.5. The predicted molar refractivity (Wildman–Crippen MR) is 155 cm³/mol. The molecule has 9 heteroatoms. The second kappa shape index (κ2) is 13.0. The highest BCUT2D eigenvalue weighted by molar-refractivity contribution is 7.15. The molecule has 1 aliphatic rings. The number of aliphatic carboxylic acids is 1. The van der Waals surface area contributed by atoms with Gasteiger partial charge in [-0.2, -0.15) is 0 Å². The molecule has 0 atom stereocenters.